The summed E-state index contributed by atoms with van der Waals surface area (Å²) in [6.45, 7) is 4.10. The van der Waals surface area contributed by atoms with E-state index in [4.69, 9.17) is 4.74 Å². The van der Waals surface area contributed by atoms with Gasteiger partial charge in [0.15, 0.2) is 4.21 Å². The number of ether oxygens (including phenoxy) is 1. The van der Waals surface area contributed by atoms with Crippen molar-refractivity contribution in [2.24, 2.45) is 0 Å². The summed E-state index contributed by atoms with van der Waals surface area (Å²) < 4.78 is 32.4. The maximum absolute atomic E-state index is 12.3. The standard InChI is InChI=1S/C13H16N2O4S2/c1-3-7-19-11-6-4-5-10(8-11)15-21(17,18)12-9(2)14-13(16)20-12/h4-6,8,15H,3,7H2,1-2H3,(H,14,16). The van der Waals surface area contributed by atoms with Crippen molar-refractivity contribution in [1.29, 1.82) is 0 Å². The van der Waals surface area contributed by atoms with Crippen molar-refractivity contribution < 1.29 is 13.2 Å². The molecule has 0 aliphatic carbocycles. The summed E-state index contributed by atoms with van der Waals surface area (Å²) in [4.78, 5) is 13.3. The lowest BCUT2D eigenvalue weighted by molar-refractivity contribution is 0.317. The number of aromatic amines is 1. The van der Waals surface area contributed by atoms with E-state index >= 15 is 0 Å². The maximum atomic E-state index is 12.3. The first-order valence-electron chi connectivity index (χ1n) is 6.38. The molecule has 114 valence electrons. The van der Waals surface area contributed by atoms with Gasteiger partial charge in [-0.3, -0.25) is 9.52 Å². The van der Waals surface area contributed by atoms with Crippen molar-refractivity contribution >= 4 is 27.0 Å². The highest BCUT2D eigenvalue weighted by molar-refractivity contribution is 7.94. The molecule has 0 unspecified atom stereocenters. The maximum Gasteiger partial charge on any atom is 0.306 e. The molecule has 0 radical (unpaired) electrons. The molecule has 21 heavy (non-hydrogen) atoms. The van der Waals surface area contributed by atoms with Crippen molar-refractivity contribution in [3.05, 3.63) is 39.6 Å². The van der Waals surface area contributed by atoms with Gasteiger partial charge in [0.25, 0.3) is 10.0 Å². The molecule has 0 atom stereocenters. The molecule has 8 heteroatoms. The third-order valence-corrected chi connectivity index (χ3v) is 5.57. The zero-order chi connectivity index (χ0) is 15.5. The minimum absolute atomic E-state index is 0.00706. The first kappa shape index (κ1) is 15.6. The molecule has 6 nitrogen and oxygen atoms in total. The van der Waals surface area contributed by atoms with Gasteiger partial charge in [-0.25, -0.2) is 8.42 Å². The van der Waals surface area contributed by atoms with E-state index in [0.29, 0.717) is 35.1 Å². The van der Waals surface area contributed by atoms with Gasteiger partial charge in [0.05, 0.1) is 12.3 Å². The van der Waals surface area contributed by atoms with Gasteiger partial charge >= 0.3 is 4.87 Å². The van der Waals surface area contributed by atoms with E-state index in [2.05, 4.69) is 9.71 Å². The van der Waals surface area contributed by atoms with Crippen molar-refractivity contribution in [2.75, 3.05) is 11.3 Å². The third kappa shape index (κ3) is 3.85. The molecule has 0 bridgehead atoms. The van der Waals surface area contributed by atoms with Crippen LogP contribution in [0.5, 0.6) is 5.75 Å². The summed E-state index contributed by atoms with van der Waals surface area (Å²) in [5.74, 6) is 0.594. The fourth-order valence-corrected chi connectivity index (χ4v) is 4.07. The molecule has 1 aromatic carbocycles. The normalized spacial score (nSPS) is 11.3. The molecule has 0 saturated heterocycles. The second-order valence-corrected chi connectivity index (χ2v) is 7.27. The Morgan fingerprint density at radius 2 is 2.14 bits per heavy atom. The monoisotopic (exact) mass is 328 g/mol. The van der Waals surface area contributed by atoms with Gasteiger partial charge < -0.3 is 9.72 Å². The predicted octanol–water partition coefficient (Wildman–Crippen LogP) is 2.33. The zero-order valence-electron chi connectivity index (χ0n) is 11.7. The first-order chi connectivity index (χ1) is 9.92. The first-order valence-corrected chi connectivity index (χ1v) is 8.67. The van der Waals surface area contributed by atoms with E-state index in [-0.39, 0.29) is 4.21 Å². The number of rotatable bonds is 6. The molecule has 0 aliphatic rings. The molecule has 1 aromatic heterocycles. The Bertz CT molecular complexity index is 777. The Hall–Kier alpha value is -1.80. The SMILES string of the molecule is CCCOc1cccc(NS(=O)(=O)c2sc(=O)[nH]c2C)c1. The largest absolute Gasteiger partial charge is 0.494 e. The second kappa shape index (κ2) is 6.31. The molecule has 2 rings (SSSR count). The number of sulfonamides is 1. The molecule has 2 N–H and O–H groups in total. The molecule has 2 aromatic rings. The number of anilines is 1. The van der Waals surface area contributed by atoms with Crippen molar-refractivity contribution in [3.63, 3.8) is 0 Å². The van der Waals surface area contributed by atoms with E-state index in [1.165, 1.54) is 0 Å². The number of aromatic nitrogens is 1. The number of hydrogen-bond acceptors (Lipinski definition) is 5. The van der Waals surface area contributed by atoms with Gasteiger partial charge in [-0.1, -0.05) is 24.3 Å². The van der Waals surface area contributed by atoms with Gasteiger partial charge in [0.2, 0.25) is 0 Å². The van der Waals surface area contributed by atoms with E-state index in [1.54, 1.807) is 31.2 Å². The molecular formula is C13H16N2O4S2. The average Bonchev–Trinajstić information content (AvgIpc) is 2.76. The third-order valence-electron chi connectivity index (χ3n) is 2.58. The quantitative estimate of drug-likeness (QED) is 0.852. The fraction of sp³-hybridized carbons (Fsp3) is 0.308. The molecule has 0 saturated carbocycles. The average molecular weight is 328 g/mol. The molecule has 0 fully saturated rings. The Kier molecular flexibility index (Phi) is 4.69. The lowest BCUT2D eigenvalue weighted by Gasteiger charge is -2.09. The van der Waals surface area contributed by atoms with Gasteiger partial charge in [0.1, 0.15) is 5.75 Å². The van der Waals surface area contributed by atoms with Gasteiger partial charge in [-0.2, -0.15) is 0 Å². The highest BCUT2D eigenvalue weighted by atomic mass is 32.2. The van der Waals surface area contributed by atoms with Crippen molar-refractivity contribution in [1.82, 2.24) is 4.98 Å². The molecule has 0 spiro atoms. The van der Waals surface area contributed by atoms with Crippen LogP contribution in [0.2, 0.25) is 0 Å². The zero-order valence-corrected chi connectivity index (χ0v) is 13.3. The Balaban J connectivity index is 2.24. The van der Waals surface area contributed by atoms with Crippen LogP contribution in [-0.4, -0.2) is 20.0 Å². The predicted molar refractivity (Wildman–Crippen MR) is 82.7 cm³/mol. The molecule has 0 amide bonds. The van der Waals surface area contributed by atoms with E-state index in [9.17, 15) is 13.2 Å². The van der Waals surface area contributed by atoms with Crippen molar-refractivity contribution in [3.8, 4) is 5.75 Å². The van der Waals surface area contributed by atoms with Crippen LogP contribution in [0.3, 0.4) is 0 Å². The topological polar surface area (TPSA) is 88.3 Å². The lowest BCUT2D eigenvalue weighted by atomic mass is 10.3. The van der Waals surface area contributed by atoms with E-state index < -0.39 is 14.9 Å². The number of nitrogens with one attached hydrogen (secondary N) is 2. The number of aryl methyl sites for hydroxylation is 1. The highest BCUT2D eigenvalue weighted by Crippen LogP contribution is 2.23. The summed E-state index contributed by atoms with van der Waals surface area (Å²) in [5.41, 5.74) is 0.722. The van der Waals surface area contributed by atoms with Crippen LogP contribution in [0.25, 0.3) is 0 Å². The number of thiazole rings is 1. The van der Waals surface area contributed by atoms with Crippen LogP contribution in [0.15, 0.2) is 33.3 Å². The van der Waals surface area contributed by atoms with Crippen molar-refractivity contribution in [2.45, 2.75) is 24.5 Å². The van der Waals surface area contributed by atoms with Crippen LogP contribution >= 0.6 is 11.3 Å². The highest BCUT2D eigenvalue weighted by Gasteiger charge is 2.20. The Morgan fingerprint density at radius 3 is 2.76 bits per heavy atom. The molecular weight excluding hydrogens is 312 g/mol. The minimum atomic E-state index is -3.78. The fourth-order valence-electron chi connectivity index (χ4n) is 1.72. The van der Waals surface area contributed by atoms with Crippen LogP contribution < -0.4 is 14.3 Å². The van der Waals surface area contributed by atoms with Gasteiger partial charge in [0, 0.05) is 11.8 Å². The summed E-state index contributed by atoms with van der Waals surface area (Å²) >= 11 is 0.666. The minimum Gasteiger partial charge on any atom is -0.494 e. The summed E-state index contributed by atoms with van der Waals surface area (Å²) in [7, 11) is -3.78. The van der Waals surface area contributed by atoms with E-state index in [0.717, 1.165) is 6.42 Å². The van der Waals surface area contributed by atoms with Crippen LogP contribution in [-0.2, 0) is 10.0 Å². The van der Waals surface area contributed by atoms with Gasteiger partial charge in [-0.05, 0) is 25.5 Å². The summed E-state index contributed by atoms with van der Waals surface area (Å²) in [6.07, 6.45) is 0.868. The number of H-pyrrole nitrogens is 1. The smallest absolute Gasteiger partial charge is 0.306 e. The molecule has 1 heterocycles. The number of hydrogen-bond donors (Lipinski definition) is 2. The number of benzene rings is 1. The Labute approximate surface area is 126 Å². The van der Waals surface area contributed by atoms with E-state index in [1.807, 2.05) is 6.92 Å². The lowest BCUT2D eigenvalue weighted by Crippen LogP contribution is -2.12. The van der Waals surface area contributed by atoms with Crippen LogP contribution in [0.1, 0.15) is 19.0 Å². The van der Waals surface area contributed by atoms with Crippen LogP contribution in [0.4, 0.5) is 5.69 Å². The Morgan fingerprint density at radius 1 is 1.38 bits per heavy atom. The van der Waals surface area contributed by atoms with Crippen LogP contribution in [0, 0.1) is 6.92 Å². The summed E-state index contributed by atoms with van der Waals surface area (Å²) in [5, 5.41) is 0. The summed E-state index contributed by atoms with van der Waals surface area (Å²) in [6, 6.07) is 6.70. The van der Waals surface area contributed by atoms with Gasteiger partial charge in [-0.15, -0.1) is 0 Å². The second-order valence-electron chi connectivity index (χ2n) is 4.41. The molecule has 0 aliphatic heterocycles.